The van der Waals surface area contributed by atoms with E-state index in [1.807, 2.05) is 0 Å². The number of nitrogens with zero attached hydrogens (tertiary/aromatic N) is 2. The van der Waals surface area contributed by atoms with Crippen molar-refractivity contribution in [1.82, 2.24) is 0 Å². The van der Waals surface area contributed by atoms with Crippen LogP contribution in [0.3, 0.4) is 0 Å². The summed E-state index contributed by atoms with van der Waals surface area (Å²) in [5, 5.41) is 20.3. The number of sulfone groups is 1. The number of aliphatic carboxylic acids is 1. The molecule has 0 aliphatic carbocycles. The molecule has 0 radical (unpaired) electrons. The van der Waals surface area contributed by atoms with Crippen molar-refractivity contribution in [1.29, 1.82) is 0 Å². The van der Waals surface area contributed by atoms with Gasteiger partial charge in [-0.1, -0.05) is 24.3 Å². The van der Waals surface area contributed by atoms with Gasteiger partial charge in [0.25, 0.3) is 5.69 Å². The first kappa shape index (κ1) is 21.2. The maximum absolute atomic E-state index is 11.8. The summed E-state index contributed by atoms with van der Waals surface area (Å²) in [5.74, 6) is -1.37. The van der Waals surface area contributed by atoms with Gasteiger partial charge in [0.1, 0.15) is 0 Å². The molecule has 0 saturated carbocycles. The third-order valence-corrected chi connectivity index (χ3v) is 6.60. The Kier molecular flexibility index (Phi) is 6.30. The van der Waals surface area contributed by atoms with Crippen molar-refractivity contribution in [2.24, 2.45) is 4.99 Å². The summed E-state index contributed by atoms with van der Waals surface area (Å²) in [7, 11) is -3.77. The lowest BCUT2D eigenvalue weighted by atomic mass is 10.0. The first-order chi connectivity index (χ1) is 13.0. The third-order valence-electron chi connectivity index (χ3n) is 4.58. The van der Waals surface area contributed by atoms with Crippen molar-refractivity contribution in [3.63, 3.8) is 0 Å². The molecular formula is C19H20N2O6S. The van der Waals surface area contributed by atoms with Gasteiger partial charge in [0, 0.05) is 18.5 Å². The van der Waals surface area contributed by atoms with Crippen molar-refractivity contribution in [3.05, 3.63) is 69.8 Å². The van der Waals surface area contributed by atoms with Gasteiger partial charge in [0.05, 0.1) is 16.2 Å². The molecule has 0 fully saturated rings. The first-order valence-corrected chi connectivity index (χ1v) is 10.2. The van der Waals surface area contributed by atoms with Gasteiger partial charge in [-0.3, -0.25) is 19.9 Å². The van der Waals surface area contributed by atoms with Crippen LogP contribution in [0, 0.1) is 10.1 Å². The second kappa shape index (κ2) is 8.30. The third kappa shape index (κ3) is 4.80. The van der Waals surface area contributed by atoms with E-state index in [-0.39, 0.29) is 18.5 Å². The molecule has 0 bridgehead atoms. The highest BCUT2D eigenvalue weighted by atomic mass is 32.2. The Morgan fingerprint density at radius 3 is 2.36 bits per heavy atom. The SMILES string of the molecule is CC(CCc1ccc(N=Cc2ccccc2[N+](=O)[O-])cc1)(C(=O)O)S(C)(=O)=O. The molecule has 2 aromatic rings. The van der Waals surface area contributed by atoms with E-state index >= 15 is 0 Å². The number of hydrogen-bond donors (Lipinski definition) is 1. The molecule has 9 heteroatoms. The van der Waals surface area contributed by atoms with Crippen LogP contribution in [0.4, 0.5) is 11.4 Å². The topological polar surface area (TPSA) is 127 Å². The zero-order chi connectivity index (χ0) is 20.9. The van der Waals surface area contributed by atoms with E-state index in [4.69, 9.17) is 0 Å². The fourth-order valence-electron chi connectivity index (χ4n) is 2.49. The highest BCUT2D eigenvalue weighted by molar-refractivity contribution is 7.92. The lowest BCUT2D eigenvalue weighted by molar-refractivity contribution is -0.385. The van der Waals surface area contributed by atoms with Crippen molar-refractivity contribution in [2.45, 2.75) is 24.5 Å². The highest BCUT2D eigenvalue weighted by Crippen LogP contribution is 2.25. The fourth-order valence-corrected chi connectivity index (χ4v) is 3.28. The van der Waals surface area contributed by atoms with Crippen LogP contribution in [0.25, 0.3) is 0 Å². The number of aryl methyl sites for hydroxylation is 1. The summed E-state index contributed by atoms with van der Waals surface area (Å²) in [5.41, 5.74) is 1.66. The molecule has 1 N–H and O–H groups in total. The minimum absolute atomic E-state index is 0.0448. The molecule has 8 nitrogen and oxygen atoms in total. The number of aliphatic imine (C=N–C) groups is 1. The minimum Gasteiger partial charge on any atom is -0.480 e. The normalized spacial score (nSPS) is 13.9. The Hall–Kier alpha value is -3.07. The number of nitro benzene ring substituents is 1. The standard InChI is InChI=1S/C19H20N2O6S/c1-19(18(22)23,28(2,26)27)12-11-14-7-9-16(10-8-14)20-13-15-5-3-4-6-17(15)21(24)25/h3-10,13H,11-12H2,1-2H3,(H,22,23). The number of carboxylic acids is 1. The van der Waals surface area contributed by atoms with Crippen molar-refractivity contribution in [3.8, 4) is 0 Å². The van der Waals surface area contributed by atoms with Crippen molar-refractivity contribution >= 4 is 33.4 Å². The molecule has 2 aromatic carbocycles. The van der Waals surface area contributed by atoms with Gasteiger partial charge >= 0.3 is 5.97 Å². The summed E-state index contributed by atoms with van der Waals surface area (Å²) >= 11 is 0. The van der Waals surface area contributed by atoms with Crippen molar-refractivity contribution < 1.29 is 23.2 Å². The Morgan fingerprint density at radius 2 is 1.82 bits per heavy atom. The molecule has 0 spiro atoms. The van der Waals surface area contributed by atoms with E-state index in [0.717, 1.165) is 11.8 Å². The molecule has 1 atom stereocenters. The average Bonchev–Trinajstić information content (AvgIpc) is 2.64. The smallest absolute Gasteiger partial charge is 0.324 e. The first-order valence-electron chi connectivity index (χ1n) is 8.34. The van der Waals surface area contributed by atoms with Crippen LogP contribution in [-0.4, -0.2) is 41.6 Å². The number of benzene rings is 2. The molecule has 2 rings (SSSR count). The minimum atomic E-state index is -3.77. The van der Waals surface area contributed by atoms with Gasteiger partial charge in [-0.05, 0) is 43.5 Å². The predicted octanol–water partition coefficient (Wildman–Crippen LogP) is 3.17. The highest BCUT2D eigenvalue weighted by Gasteiger charge is 2.43. The zero-order valence-corrected chi connectivity index (χ0v) is 16.2. The molecule has 28 heavy (non-hydrogen) atoms. The van der Waals surface area contributed by atoms with Crippen LogP contribution in [0.5, 0.6) is 0 Å². The van der Waals surface area contributed by atoms with E-state index in [0.29, 0.717) is 11.3 Å². The monoisotopic (exact) mass is 404 g/mol. The van der Waals surface area contributed by atoms with Gasteiger partial charge in [-0.2, -0.15) is 0 Å². The molecule has 1 unspecified atom stereocenters. The van der Waals surface area contributed by atoms with E-state index in [1.54, 1.807) is 42.5 Å². The van der Waals surface area contributed by atoms with Gasteiger partial charge < -0.3 is 5.11 Å². The summed E-state index contributed by atoms with van der Waals surface area (Å²) in [6.07, 6.45) is 2.53. The molecule has 0 amide bonds. The Bertz CT molecular complexity index is 1010. The number of carboxylic acid groups (broad SMARTS) is 1. The van der Waals surface area contributed by atoms with Crippen molar-refractivity contribution in [2.75, 3.05) is 6.26 Å². The molecule has 0 heterocycles. The van der Waals surface area contributed by atoms with E-state index < -0.39 is 25.5 Å². The van der Waals surface area contributed by atoms with Crippen LogP contribution >= 0.6 is 0 Å². The van der Waals surface area contributed by atoms with Gasteiger partial charge in [0.15, 0.2) is 14.6 Å². The lowest BCUT2D eigenvalue weighted by Gasteiger charge is -2.22. The molecular weight excluding hydrogens is 384 g/mol. The second-order valence-electron chi connectivity index (χ2n) is 6.55. The quantitative estimate of drug-likeness (QED) is 0.409. The number of hydrogen-bond acceptors (Lipinski definition) is 6. The Balaban J connectivity index is 2.12. The van der Waals surface area contributed by atoms with E-state index in [9.17, 15) is 28.4 Å². The Labute approximate surface area is 162 Å². The second-order valence-corrected chi connectivity index (χ2v) is 8.99. The number of rotatable bonds is 8. The number of para-hydroxylation sites is 1. The maximum Gasteiger partial charge on any atom is 0.324 e. The van der Waals surface area contributed by atoms with Crippen LogP contribution in [0.1, 0.15) is 24.5 Å². The van der Waals surface area contributed by atoms with Crippen LogP contribution < -0.4 is 0 Å². The van der Waals surface area contributed by atoms with Crippen LogP contribution in [-0.2, 0) is 21.1 Å². The van der Waals surface area contributed by atoms with E-state index in [1.165, 1.54) is 19.2 Å². The van der Waals surface area contributed by atoms with Crippen LogP contribution in [0.2, 0.25) is 0 Å². The van der Waals surface area contributed by atoms with Crippen LogP contribution in [0.15, 0.2) is 53.5 Å². The average molecular weight is 404 g/mol. The maximum atomic E-state index is 11.8. The number of nitro groups is 1. The summed E-state index contributed by atoms with van der Waals surface area (Å²) < 4.78 is 21.8. The summed E-state index contributed by atoms with van der Waals surface area (Å²) in [6, 6.07) is 13.0. The van der Waals surface area contributed by atoms with Gasteiger partial charge in [-0.15, -0.1) is 0 Å². The molecule has 0 aliphatic heterocycles. The molecule has 0 aromatic heterocycles. The number of carbonyl (C=O) groups is 1. The van der Waals surface area contributed by atoms with Gasteiger partial charge in [0.2, 0.25) is 0 Å². The molecule has 0 aliphatic rings. The van der Waals surface area contributed by atoms with E-state index in [2.05, 4.69) is 4.99 Å². The fraction of sp³-hybridized carbons (Fsp3) is 0.263. The predicted molar refractivity (Wildman–Crippen MR) is 106 cm³/mol. The molecule has 148 valence electrons. The summed E-state index contributed by atoms with van der Waals surface area (Å²) in [6.45, 7) is 1.20. The Morgan fingerprint density at radius 1 is 1.21 bits per heavy atom. The lowest BCUT2D eigenvalue weighted by Crippen LogP contribution is -2.43. The largest absolute Gasteiger partial charge is 0.480 e. The van der Waals surface area contributed by atoms with Gasteiger partial charge in [-0.25, -0.2) is 8.42 Å². The molecule has 0 saturated heterocycles. The zero-order valence-electron chi connectivity index (χ0n) is 15.4. The summed E-state index contributed by atoms with van der Waals surface area (Å²) in [4.78, 5) is 26.1.